The number of hydrogen-bond acceptors (Lipinski definition) is 2. The zero-order valence-electron chi connectivity index (χ0n) is 19.4. The van der Waals surface area contributed by atoms with Crippen molar-refractivity contribution in [3.63, 3.8) is 0 Å². The van der Waals surface area contributed by atoms with Crippen molar-refractivity contribution in [3.8, 4) is 11.3 Å². The highest BCUT2D eigenvalue weighted by atomic mass is 16.3. The summed E-state index contributed by atoms with van der Waals surface area (Å²) in [7, 11) is 0. The Morgan fingerprint density at radius 2 is 1.74 bits per heavy atom. The molecule has 0 radical (unpaired) electrons. The fourth-order valence-corrected chi connectivity index (χ4v) is 3.33. The molecule has 5 aromatic rings. The van der Waals surface area contributed by atoms with E-state index in [4.69, 9.17) is 11.3 Å². The Balaban J connectivity index is 1.73. The van der Waals surface area contributed by atoms with E-state index < -0.39 is 13.2 Å². The van der Waals surface area contributed by atoms with E-state index in [1.165, 1.54) is 12.3 Å². The minimum Gasteiger partial charge on any atom is -0.455 e. The zero-order chi connectivity index (χ0) is 22.5. The fourth-order valence-electron chi connectivity index (χ4n) is 3.33. The summed E-state index contributed by atoms with van der Waals surface area (Å²) in [5, 5.41) is 1.89. The molecular weight excluding hydrogens is 330 g/mol. The lowest BCUT2D eigenvalue weighted by molar-refractivity contribution is 0.670. The van der Waals surface area contributed by atoms with Crippen molar-refractivity contribution < 1.29 is 11.3 Å². The molecule has 0 bridgehead atoms. The van der Waals surface area contributed by atoms with Crippen molar-refractivity contribution in [2.24, 2.45) is 0 Å². The van der Waals surface area contributed by atoms with E-state index in [-0.39, 0.29) is 11.1 Å². The molecule has 3 aromatic carbocycles. The average molecular weight is 354 g/mol. The monoisotopic (exact) mass is 354 g/mol. The quantitative estimate of drug-likeness (QED) is 0.367. The van der Waals surface area contributed by atoms with Gasteiger partial charge in [0.05, 0.1) is 5.69 Å². The van der Waals surface area contributed by atoms with Crippen LogP contribution >= 0.6 is 0 Å². The molecule has 0 atom stereocenters. The minimum atomic E-state index is -2.52. The number of fused-ring (bicyclic) bond motifs is 3. The van der Waals surface area contributed by atoms with E-state index in [0.717, 1.165) is 16.4 Å². The van der Waals surface area contributed by atoms with Gasteiger partial charge in [-0.15, -0.1) is 0 Å². The predicted molar refractivity (Wildman–Crippen MR) is 111 cm³/mol. The normalized spacial score (nSPS) is 15.0. The average Bonchev–Trinajstić information content (AvgIpc) is 3.17. The molecule has 0 aliphatic carbocycles. The van der Waals surface area contributed by atoms with Gasteiger partial charge < -0.3 is 4.42 Å². The summed E-state index contributed by atoms with van der Waals surface area (Å²) < 4.78 is 47.7. The lowest BCUT2D eigenvalue weighted by Gasteiger charge is -2.09. The first-order valence-corrected chi connectivity index (χ1v) is 8.74. The maximum atomic E-state index is 8.67. The largest absolute Gasteiger partial charge is 0.455 e. The van der Waals surface area contributed by atoms with Crippen molar-refractivity contribution in [2.75, 3.05) is 0 Å². The third kappa shape index (κ3) is 2.80. The van der Waals surface area contributed by atoms with Crippen LogP contribution in [0.15, 0.2) is 89.5 Å². The Morgan fingerprint density at radius 1 is 0.926 bits per heavy atom. The minimum absolute atomic E-state index is 0.0317. The second-order valence-electron chi connectivity index (χ2n) is 6.39. The summed E-state index contributed by atoms with van der Waals surface area (Å²) in [6.07, 6.45) is -0.673. The van der Waals surface area contributed by atoms with Crippen LogP contribution in [0.2, 0.25) is 0 Å². The Kier molecular flexibility index (Phi) is 2.69. The van der Waals surface area contributed by atoms with E-state index in [1.54, 1.807) is 30.3 Å². The molecule has 2 aromatic heterocycles. The topological polar surface area (TPSA) is 26.0 Å². The summed E-state index contributed by atoms with van der Waals surface area (Å²) in [6, 6.07) is 23.4. The number of hydrogen-bond donors (Lipinski definition) is 0. The third-order valence-electron chi connectivity index (χ3n) is 4.64. The Bertz CT molecular complexity index is 1440. The summed E-state index contributed by atoms with van der Waals surface area (Å²) in [6.45, 7) is -2.52. The zero-order valence-corrected chi connectivity index (χ0v) is 14.4. The van der Waals surface area contributed by atoms with Crippen molar-refractivity contribution in [3.05, 3.63) is 102 Å². The molecule has 2 heterocycles. The number of nitrogens with zero attached hydrogens (tertiary/aromatic N) is 1. The molecule has 0 aliphatic rings. The summed E-state index contributed by atoms with van der Waals surface area (Å²) >= 11 is 0. The molecule has 0 saturated carbocycles. The van der Waals surface area contributed by atoms with Crippen LogP contribution < -0.4 is 0 Å². The Labute approximate surface area is 165 Å². The number of rotatable bonds is 3. The van der Waals surface area contributed by atoms with E-state index in [9.17, 15) is 0 Å². The number of benzene rings is 3. The van der Waals surface area contributed by atoms with Crippen LogP contribution in [0.3, 0.4) is 0 Å². The second-order valence-corrected chi connectivity index (χ2v) is 6.39. The van der Waals surface area contributed by atoms with E-state index in [0.29, 0.717) is 22.4 Å². The van der Waals surface area contributed by atoms with Crippen molar-refractivity contribution >= 4 is 21.9 Å². The maximum absolute atomic E-state index is 8.67. The van der Waals surface area contributed by atoms with Gasteiger partial charge in [0.15, 0.2) is 0 Å². The van der Waals surface area contributed by atoms with Crippen molar-refractivity contribution in [1.82, 2.24) is 4.98 Å². The lowest BCUT2D eigenvalue weighted by Crippen LogP contribution is -1.95. The van der Waals surface area contributed by atoms with Crippen LogP contribution in [0.1, 0.15) is 23.5 Å². The van der Waals surface area contributed by atoms with E-state index in [1.807, 2.05) is 42.5 Å². The van der Waals surface area contributed by atoms with Gasteiger partial charge in [0.2, 0.25) is 0 Å². The molecule has 0 spiro atoms. The first-order chi connectivity index (χ1) is 15.3. The maximum Gasteiger partial charge on any atom is 0.144 e. The van der Waals surface area contributed by atoms with Gasteiger partial charge in [-0.1, -0.05) is 60.7 Å². The van der Waals surface area contributed by atoms with Crippen LogP contribution in [0.5, 0.6) is 0 Å². The van der Waals surface area contributed by atoms with Gasteiger partial charge in [-0.3, -0.25) is 4.98 Å². The second kappa shape index (κ2) is 6.40. The molecule has 5 rings (SSSR count). The first-order valence-electron chi connectivity index (χ1n) is 11.2. The molecule has 0 amide bonds. The van der Waals surface area contributed by atoms with Crippen LogP contribution in [0.25, 0.3) is 33.2 Å². The van der Waals surface area contributed by atoms with Crippen LogP contribution in [-0.2, 0) is 6.37 Å². The SMILES string of the molecule is [2H]C([2H])([2H])c1cc(-c2cccc3c2oc2ccccc23)ncc1C([2H])([2H])c1ccccc1. The molecule has 0 fully saturated rings. The third-order valence-corrected chi connectivity index (χ3v) is 4.64. The molecule has 130 valence electrons. The highest BCUT2D eigenvalue weighted by molar-refractivity contribution is 6.09. The summed E-state index contributed by atoms with van der Waals surface area (Å²) in [5.74, 6) is 0. The van der Waals surface area contributed by atoms with Crippen molar-refractivity contribution in [2.45, 2.75) is 13.2 Å². The van der Waals surface area contributed by atoms with Gasteiger partial charge in [-0.05, 0) is 48.1 Å². The molecule has 2 nitrogen and oxygen atoms in total. The molecule has 0 N–H and O–H groups in total. The summed E-state index contributed by atoms with van der Waals surface area (Å²) in [4.78, 5) is 4.49. The number of para-hydroxylation sites is 2. The van der Waals surface area contributed by atoms with Gasteiger partial charge in [-0.2, -0.15) is 0 Å². The molecule has 0 saturated heterocycles. The fraction of sp³-hybridized carbons (Fsp3) is 0.0800. The van der Waals surface area contributed by atoms with Crippen LogP contribution in [-0.4, -0.2) is 4.98 Å². The molecule has 2 heteroatoms. The Hall–Kier alpha value is -3.39. The number of aromatic nitrogens is 1. The molecule has 27 heavy (non-hydrogen) atoms. The number of pyridine rings is 1. The van der Waals surface area contributed by atoms with Crippen LogP contribution in [0, 0.1) is 6.85 Å². The van der Waals surface area contributed by atoms with Crippen LogP contribution in [0.4, 0.5) is 0 Å². The summed E-state index contributed by atoms with van der Waals surface area (Å²) in [5.41, 5.74) is 2.79. The predicted octanol–water partition coefficient (Wildman–Crippen LogP) is 6.55. The number of aryl methyl sites for hydroxylation is 1. The molecule has 0 aliphatic heterocycles. The van der Waals surface area contributed by atoms with Gasteiger partial charge >= 0.3 is 0 Å². The standard InChI is InChI=1S/C25H19NO/c1-17-14-23(26-16-19(17)15-18-8-3-2-4-9-18)22-12-7-11-21-20-10-5-6-13-24(20)27-25(21)22/h2-14,16H,15H2,1H3/i1D3,15D2. The highest BCUT2D eigenvalue weighted by Crippen LogP contribution is 2.35. The van der Waals surface area contributed by atoms with Gasteiger partial charge in [0.1, 0.15) is 11.2 Å². The lowest BCUT2D eigenvalue weighted by atomic mass is 10.00. The van der Waals surface area contributed by atoms with E-state index >= 15 is 0 Å². The van der Waals surface area contributed by atoms with E-state index in [2.05, 4.69) is 4.98 Å². The first kappa shape index (κ1) is 11.3. The smallest absolute Gasteiger partial charge is 0.144 e. The van der Waals surface area contributed by atoms with Gasteiger partial charge in [-0.25, -0.2) is 0 Å². The van der Waals surface area contributed by atoms with Crippen molar-refractivity contribution in [1.29, 1.82) is 0 Å². The van der Waals surface area contributed by atoms with Gasteiger partial charge in [0.25, 0.3) is 0 Å². The molecule has 0 unspecified atom stereocenters. The highest BCUT2D eigenvalue weighted by Gasteiger charge is 2.13. The number of furan rings is 1. The Morgan fingerprint density at radius 3 is 2.63 bits per heavy atom. The van der Waals surface area contributed by atoms with Gasteiger partial charge in [0, 0.05) is 29.4 Å². The molecular formula is C25H19NO.